The molecule has 1 saturated heterocycles. The van der Waals surface area contributed by atoms with Gasteiger partial charge in [-0.25, -0.2) is 4.39 Å². The molecule has 1 aliphatic rings. The molecule has 1 heterocycles. The Bertz CT molecular complexity index is 774. The second-order valence-electron chi connectivity index (χ2n) is 6.21. The lowest BCUT2D eigenvalue weighted by Gasteiger charge is -2.24. The van der Waals surface area contributed by atoms with Gasteiger partial charge in [-0.15, -0.1) is 0 Å². The maximum Gasteiger partial charge on any atom is 0.254 e. The van der Waals surface area contributed by atoms with Gasteiger partial charge >= 0.3 is 0 Å². The lowest BCUT2D eigenvalue weighted by atomic mass is 10.1. The summed E-state index contributed by atoms with van der Waals surface area (Å²) in [6.45, 7) is 2.57. The van der Waals surface area contributed by atoms with Crippen LogP contribution in [0.5, 0.6) is 0 Å². The first-order chi connectivity index (χ1) is 12.1. The minimum absolute atomic E-state index is 0.202. The van der Waals surface area contributed by atoms with Gasteiger partial charge in [0, 0.05) is 17.8 Å². The van der Waals surface area contributed by atoms with Crippen molar-refractivity contribution in [2.75, 3.05) is 11.9 Å². The van der Waals surface area contributed by atoms with Crippen LogP contribution < -0.4 is 5.32 Å². The normalized spacial score (nSPS) is 16.7. The first-order valence-electron chi connectivity index (χ1n) is 8.55. The Hall–Kier alpha value is -2.69. The van der Waals surface area contributed by atoms with Gasteiger partial charge in [0.05, 0.1) is 0 Å². The lowest BCUT2D eigenvalue weighted by molar-refractivity contribution is -0.119. The fraction of sp³-hybridized carbons (Fsp3) is 0.300. The molecule has 0 aromatic heterocycles. The van der Waals surface area contributed by atoms with Gasteiger partial charge in [-0.2, -0.15) is 0 Å². The SMILES string of the molecule is CCc1ccc(NC(=O)[C@H]2CCCN2C(=O)c2cccc(F)c2)cc1. The van der Waals surface area contributed by atoms with Gasteiger partial charge in [0.1, 0.15) is 11.9 Å². The molecule has 1 atom stereocenters. The van der Waals surface area contributed by atoms with E-state index in [0.29, 0.717) is 18.7 Å². The summed E-state index contributed by atoms with van der Waals surface area (Å²) in [4.78, 5) is 26.8. The van der Waals surface area contributed by atoms with Crippen molar-refractivity contribution in [3.8, 4) is 0 Å². The van der Waals surface area contributed by atoms with E-state index in [0.717, 1.165) is 12.8 Å². The molecule has 3 rings (SSSR count). The van der Waals surface area contributed by atoms with E-state index in [9.17, 15) is 14.0 Å². The molecule has 130 valence electrons. The molecule has 1 N–H and O–H groups in total. The number of likely N-dealkylation sites (tertiary alicyclic amines) is 1. The topological polar surface area (TPSA) is 49.4 Å². The van der Waals surface area contributed by atoms with Crippen molar-refractivity contribution in [3.63, 3.8) is 0 Å². The quantitative estimate of drug-likeness (QED) is 0.924. The zero-order valence-corrected chi connectivity index (χ0v) is 14.2. The van der Waals surface area contributed by atoms with Gasteiger partial charge in [-0.1, -0.05) is 25.1 Å². The van der Waals surface area contributed by atoms with Gasteiger partial charge < -0.3 is 10.2 Å². The third kappa shape index (κ3) is 3.87. The summed E-state index contributed by atoms with van der Waals surface area (Å²) < 4.78 is 13.4. The van der Waals surface area contributed by atoms with Gasteiger partial charge in [0.25, 0.3) is 5.91 Å². The number of hydrogen-bond acceptors (Lipinski definition) is 2. The monoisotopic (exact) mass is 340 g/mol. The van der Waals surface area contributed by atoms with E-state index >= 15 is 0 Å². The Labute approximate surface area is 146 Å². The number of carbonyl (C=O) groups is 2. The third-order valence-corrected chi connectivity index (χ3v) is 4.52. The van der Waals surface area contributed by atoms with Gasteiger partial charge in [0.2, 0.25) is 5.91 Å². The van der Waals surface area contributed by atoms with Crippen LogP contribution in [0, 0.1) is 5.82 Å². The molecule has 0 spiro atoms. The Morgan fingerprint density at radius 3 is 2.64 bits per heavy atom. The molecule has 5 heteroatoms. The molecule has 1 fully saturated rings. The molecule has 1 aliphatic heterocycles. The molecule has 2 aromatic carbocycles. The summed E-state index contributed by atoms with van der Waals surface area (Å²) in [5.74, 6) is -0.966. The molecule has 0 bridgehead atoms. The highest BCUT2D eigenvalue weighted by Crippen LogP contribution is 2.22. The summed E-state index contributed by atoms with van der Waals surface area (Å²) in [6.07, 6.45) is 2.31. The van der Waals surface area contributed by atoms with Crippen LogP contribution in [-0.2, 0) is 11.2 Å². The van der Waals surface area contributed by atoms with Crippen LogP contribution in [0.25, 0.3) is 0 Å². The number of nitrogens with one attached hydrogen (secondary N) is 1. The average molecular weight is 340 g/mol. The second kappa shape index (κ2) is 7.47. The Morgan fingerprint density at radius 1 is 1.20 bits per heavy atom. The van der Waals surface area contributed by atoms with Crippen LogP contribution in [0.2, 0.25) is 0 Å². The molecular formula is C20H21FN2O2. The molecule has 2 aromatic rings. The Morgan fingerprint density at radius 2 is 1.96 bits per heavy atom. The second-order valence-corrected chi connectivity index (χ2v) is 6.21. The fourth-order valence-corrected chi connectivity index (χ4v) is 3.12. The molecule has 0 saturated carbocycles. The zero-order valence-electron chi connectivity index (χ0n) is 14.2. The predicted octanol–water partition coefficient (Wildman–Crippen LogP) is 3.63. The Balaban J connectivity index is 1.71. The number of anilines is 1. The fourth-order valence-electron chi connectivity index (χ4n) is 3.12. The lowest BCUT2D eigenvalue weighted by Crippen LogP contribution is -2.43. The maximum absolute atomic E-state index is 13.4. The van der Waals surface area contributed by atoms with E-state index in [-0.39, 0.29) is 17.4 Å². The van der Waals surface area contributed by atoms with E-state index in [1.807, 2.05) is 24.3 Å². The van der Waals surface area contributed by atoms with Crippen LogP contribution in [0.3, 0.4) is 0 Å². The van der Waals surface area contributed by atoms with E-state index in [1.165, 1.54) is 28.7 Å². The zero-order chi connectivity index (χ0) is 17.8. The average Bonchev–Trinajstić information content (AvgIpc) is 3.11. The molecule has 25 heavy (non-hydrogen) atoms. The summed E-state index contributed by atoms with van der Waals surface area (Å²) in [6, 6.07) is 12.7. The highest BCUT2D eigenvalue weighted by atomic mass is 19.1. The summed E-state index contributed by atoms with van der Waals surface area (Å²) >= 11 is 0. The highest BCUT2D eigenvalue weighted by Gasteiger charge is 2.34. The predicted molar refractivity (Wildman–Crippen MR) is 94.9 cm³/mol. The number of benzene rings is 2. The van der Waals surface area contributed by atoms with Crippen molar-refractivity contribution in [1.82, 2.24) is 4.90 Å². The molecule has 4 nitrogen and oxygen atoms in total. The third-order valence-electron chi connectivity index (χ3n) is 4.52. The number of carbonyl (C=O) groups excluding carboxylic acids is 2. The van der Waals surface area contributed by atoms with E-state index in [4.69, 9.17) is 0 Å². The summed E-state index contributed by atoms with van der Waals surface area (Å²) in [7, 11) is 0. The number of rotatable bonds is 4. The minimum atomic E-state index is -0.526. The van der Waals surface area contributed by atoms with Crippen molar-refractivity contribution in [3.05, 3.63) is 65.5 Å². The first kappa shape index (κ1) is 17.1. The first-order valence-corrected chi connectivity index (χ1v) is 8.55. The van der Waals surface area contributed by atoms with Crippen molar-refractivity contribution < 1.29 is 14.0 Å². The molecular weight excluding hydrogens is 319 g/mol. The van der Waals surface area contributed by atoms with Crippen molar-refractivity contribution in [2.24, 2.45) is 0 Å². The summed E-state index contributed by atoms with van der Waals surface area (Å²) in [5, 5.41) is 2.88. The number of nitrogens with zero attached hydrogens (tertiary/aromatic N) is 1. The van der Waals surface area contributed by atoms with Gasteiger partial charge in [-0.3, -0.25) is 9.59 Å². The molecule has 0 aliphatic carbocycles. The van der Waals surface area contributed by atoms with Gasteiger partial charge in [-0.05, 0) is 55.2 Å². The number of amides is 2. The van der Waals surface area contributed by atoms with Crippen LogP contribution >= 0.6 is 0 Å². The highest BCUT2D eigenvalue weighted by molar-refractivity contribution is 6.01. The van der Waals surface area contributed by atoms with Crippen molar-refractivity contribution >= 4 is 17.5 Å². The van der Waals surface area contributed by atoms with Crippen LogP contribution in [0.15, 0.2) is 48.5 Å². The van der Waals surface area contributed by atoms with E-state index < -0.39 is 11.9 Å². The van der Waals surface area contributed by atoms with Gasteiger partial charge in [0.15, 0.2) is 0 Å². The number of hydrogen-bond donors (Lipinski definition) is 1. The smallest absolute Gasteiger partial charge is 0.254 e. The Kier molecular flexibility index (Phi) is 5.12. The molecule has 0 unspecified atom stereocenters. The number of halogens is 1. The minimum Gasteiger partial charge on any atom is -0.327 e. The summed E-state index contributed by atoms with van der Waals surface area (Å²) in [5.41, 5.74) is 2.18. The standard InChI is InChI=1S/C20H21FN2O2/c1-2-14-8-10-17(11-9-14)22-19(24)18-7-4-12-23(18)20(25)15-5-3-6-16(21)13-15/h3,5-6,8-11,13,18H,2,4,7,12H2,1H3,(H,22,24)/t18-/m1/s1. The van der Waals surface area contributed by atoms with Crippen LogP contribution in [-0.4, -0.2) is 29.3 Å². The molecule has 0 radical (unpaired) electrons. The van der Waals surface area contributed by atoms with Crippen molar-refractivity contribution in [1.29, 1.82) is 0 Å². The van der Waals surface area contributed by atoms with E-state index in [1.54, 1.807) is 6.07 Å². The van der Waals surface area contributed by atoms with E-state index in [2.05, 4.69) is 12.2 Å². The van der Waals surface area contributed by atoms with Crippen molar-refractivity contribution in [2.45, 2.75) is 32.2 Å². The van der Waals surface area contributed by atoms with Crippen LogP contribution in [0.4, 0.5) is 10.1 Å². The number of aryl methyl sites for hydroxylation is 1. The molecule has 2 amide bonds. The largest absolute Gasteiger partial charge is 0.327 e. The van der Waals surface area contributed by atoms with Crippen LogP contribution in [0.1, 0.15) is 35.7 Å². The maximum atomic E-state index is 13.4.